The van der Waals surface area contributed by atoms with Gasteiger partial charge in [0.15, 0.2) is 0 Å². The maximum absolute atomic E-state index is 12.4. The minimum absolute atomic E-state index is 0.275. The molecule has 0 saturated heterocycles. The molecule has 0 heterocycles. The molecule has 0 aliphatic heterocycles. The predicted octanol–water partition coefficient (Wildman–Crippen LogP) is 3.73. The molecule has 0 bridgehead atoms. The number of carbonyl (C=O) groups excluding carboxylic acids is 2. The molecule has 0 aromatic carbocycles. The molecule has 5 nitrogen and oxygen atoms in total. The van der Waals surface area contributed by atoms with Gasteiger partial charge in [0.1, 0.15) is 5.54 Å². The molecule has 1 N–H and O–H groups in total. The molecule has 22 heavy (non-hydrogen) atoms. The second-order valence-electron chi connectivity index (χ2n) is 5.82. The van der Waals surface area contributed by atoms with Crippen molar-refractivity contribution >= 4 is 12.1 Å². The first kappa shape index (κ1) is 18.5. The van der Waals surface area contributed by atoms with Crippen molar-refractivity contribution in [3.05, 3.63) is 12.7 Å². The number of rotatable bonds is 10. The fraction of sp³-hybridized carbons (Fsp3) is 0.765. The van der Waals surface area contributed by atoms with E-state index in [1.807, 2.05) is 0 Å². The van der Waals surface area contributed by atoms with Gasteiger partial charge < -0.3 is 14.8 Å². The highest BCUT2D eigenvalue weighted by atomic mass is 16.6. The summed E-state index contributed by atoms with van der Waals surface area (Å²) in [6.45, 7) is 6.41. The largest absolute Gasteiger partial charge is 0.464 e. The summed E-state index contributed by atoms with van der Waals surface area (Å²) in [4.78, 5) is 24.2. The lowest BCUT2D eigenvalue weighted by atomic mass is 9.98. The van der Waals surface area contributed by atoms with Gasteiger partial charge in [-0.3, -0.25) is 0 Å². The highest BCUT2D eigenvalue weighted by Crippen LogP contribution is 2.31. The highest BCUT2D eigenvalue weighted by molar-refractivity contribution is 5.86. The Labute approximate surface area is 133 Å². The van der Waals surface area contributed by atoms with E-state index in [-0.39, 0.29) is 12.6 Å². The zero-order valence-corrected chi connectivity index (χ0v) is 13.7. The topological polar surface area (TPSA) is 64.6 Å². The van der Waals surface area contributed by atoms with Crippen LogP contribution in [-0.4, -0.2) is 30.8 Å². The number of nitrogens with one attached hydrogen (secondary N) is 1. The van der Waals surface area contributed by atoms with Gasteiger partial charge in [-0.1, -0.05) is 45.1 Å². The van der Waals surface area contributed by atoms with Gasteiger partial charge in [0.25, 0.3) is 0 Å². The monoisotopic (exact) mass is 311 g/mol. The summed E-state index contributed by atoms with van der Waals surface area (Å²) < 4.78 is 10.4. The SMILES string of the molecule is C=CCCOC(=O)NC1(C(=O)OCCCCCC)CCCC1. The molecule has 0 unspecified atom stereocenters. The number of hydrogen-bond acceptors (Lipinski definition) is 4. The molecule has 126 valence electrons. The van der Waals surface area contributed by atoms with Crippen LogP contribution < -0.4 is 5.32 Å². The molecule has 1 aliphatic carbocycles. The summed E-state index contributed by atoms with van der Waals surface area (Å²) in [5, 5.41) is 2.73. The van der Waals surface area contributed by atoms with Gasteiger partial charge in [0, 0.05) is 0 Å². The summed E-state index contributed by atoms with van der Waals surface area (Å²) >= 11 is 0. The Morgan fingerprint density at radius 1 is 1.14 bits per heavy atom. The van der Waals surface area contributed by atoms with E-state index in [1.54, 1.807) is 6.08 Å². The molecule has 5 heteroatoms. The van der Waals surface area contributed by atoms with Crippen molar-refractivity contribution in [2.45, 2.75) is 70.3 Å². The van der Waals surface area contributed by atoms with Crippen molar-refractivity contribution in [2.75, 3.05) is 13.2 Å². The van der Waals surface area contributed by atoms with Crippen LogP contribution in [-0.2, 0) is 14.3 Å². The summed E-state index contributed by atoms with van der Waals surface area (Å²) in [6, 6.07) is 0. The molecule has 1 fully saturated rings. The van der Waals surface area contributed by atoms with Crippen LogP contribution in [0.4, 0.5) is 4.79 Å². The van der Waals surface area contributed by atoms with E-state index in [2.05, 4.69) is 18.8 Å². The Balaban J connectivity index is 2.42. The Hall–Kier alpha value is -1.52. The van der Waals surface area contributed by atoms with Gasteiger partial charge in [-0.2, -0.15) is 0 Å². The molecular formula is C17H29NO4. The van der Waals surface area contributed by atoms with Crippen LogP contribution in [0.15, 0.2) is 12.7 Å². The minimum atomic E-state index is -0.893. The third kappa shape index (κ3) is 6.08. The minimum Gasteiger partial charge on any atom is -0.464 e. The van der Waals surface area contributed by atoms with E-state index in [0.717, 1.165) is 38.5 Å². The fourth-order valence-electron chi connectivity index (χ4n) is 2.66. The molecule has 1 saturated carbocycles. The van der Waals surface area contributed by atoms with Gasteiger partial charge in [0.2, 0.25) is 0 Å². The molecule has 1 amide bonds. The average Bonchev–Trinajstić information content (AvgIpc) is 2.97. The number of carbonyl (C=O) groups is 2. The lowest BCUT2D eigenvalue weighted by molar-refractivity contribution is -0.151. The Kier molecular flexibility index (Phi) is 8.63. The average molecular weight is 311 g/mol. The molecule has 0 aromatic rings. The predicted molar refractivity (Wildman–Crippen MR) is 85.6 cm³/mol. The van der Waals surface area contributed by atoms with Crippen LogP contribution in [0.3, 0.4) is 0 Å². The van der Waals surface area contributed by atoms with E-state index < -0.39 is 11.6 Å². The van der Waals surface area contributed by atoms with Gasteiger partial charge in [0.05, 0.1) is 13.2 Å². The molecule has 0 atom stereocenters. The van der Waals surface area contributed by atoms with Crippen molar-refractivity contribution in [2.24, 2.45) is 0 Å². The first-order valence-corrected chi connectivity index (χ1v) is 8.37. The van der Waals surface area contributed by atoms with Crippen LogP contribution in [0.1, 0.15) is 64.7 Å². The van der Waals surface area contributed by atoms with E-state index in [1.165, 1.54) is 0 Å². The van der Waals surface area contributed by atoms with Crippen molar-refractivity contribution in [3.63, 3.8) is 0 Å². The summed E-state index contributed by atoms with van der Waals surface area (Å²) in [6.07, 6.45) is 9.04. The summed E-state index contributed by atoms with van der Waals surface area (Å²) in [5.74, 6) is -0.317. The first-order chi connectivity index (χ1) is 10.6. The van der Waals surface area contributed by atoms with Crippen molar-refractivity contribution in [3.8, 4) is 0 Å². The van der Waals surface area contributed by atoms with Crippen molar-refractivity contribution < 1.29 is 19.1 Å². The molecule has 0 spiro atoms. The molecule has 0 aromatic heterocycles. The van der Waals surface area contributed by atoms with E-state index in [9.17, 15) is 9.59 Å². The van der Waals surface area contributed by atoms with Crippen LogP contribution in [0, 0.1) is 0 Å². The maximum Gasteiger partial charge on any atom is 0.408 e. The van der Waals surface area contributed by atoms with Crippen LogP contribution in [0.2, 0.25) is 0 Å². The number of unbranched alkanes of at least 4 members (excludes halogenated alkanes) is 3. The lowest BCUT2D eigenvalue weighted by Gasteiger charge is -2.27. The molecule has 1 rings (SSSR count). The standard InChI is InChI=1S/C17H29NO4/c1-3-5-7-10-14-21-15(19)17(11-8-9-12-17)18-16(20)22-13-6-4-2/h4H,2-3,5-14H2,1H3,(H,18,20). The van der Waals surface area contributed by atoms with Crippen molar-refractivity contribution in [1.82, 2.24) is 5.32 Å². The quantitative estimate of drug-likeness (QED) is 0.379. The zero-order chi connectivity index (χ0) is 16.3. The van der Waals surface area contributed by atoms with Gasteiger partial charge >= 0.3 is 12.1 Å². The normalized spacial score (nSPS) is 16.0. The van der Waals surface area contributed by atoms with E-state index in [4.69, 9.17) is 9.47 Å². The third-order valence-electron chi connectivity index (χ3n) is 3.98. The van der Waals surface area contributed by atoms with Crippen LogP contribution >= 0.6 is 0 Å². The van der Waals surface area contributed by atoms with Gasteiger partial charge in [-0.25, -0.2) is 9.59 Å². The molecule has 1 aliphatic rings. The molecular weight excluding hydrogens is 282 g/mol. The maximum atomic E-state index is 12.4. The second-order valence-corrected chi connectivity index (χ2v) is 5.82. The lowest BCUT2D eigenvalue weighted by Crippen LogP contribution is -2.53. The van der Waals surface area contributed by atoms with Gasteiger partial charge in [-0.15, -0.1) is 6.58 Å². The highest BCUT2D eigenvalue weighted by Gasteiger charge is 2.44. The first-order valence-electron chi connectivity index (χ1n) is 8.37. The Morgan fingerprint density at radius 2 is 1.86 bits per heavy atom. The molecule has 0 radical (unpaired) electrons. The zero-order valence-electron chi connectivity index (χ0n) is 13.7. The summed E-state index contributed by atoms with van der Waals surface area (Å²) in [7, 11) is 0. The van der Waals surface area contributed by atoms with E-state index >= 15 is 0 Å². The smallest absolute Gasteiger partial charge is 0.408 e. The van der Waals surface area contributed by atoms with Gasteiger partial charge in [-0.05, 0) is 25.7 Å². The Morgan fingerprint density at radius 3 is 2.50 bits per heavy atom. The Bertz CT molecular complexity index is 362. The number of ether oxygens (including phenoxy) is 2. The number of amides is 1. The second kappa shape index (κ2) is 10.2. The number of hydrogen-bond donors (Lipinski definition) is 1. The number of alkyl carbamates (subject to hydrolysis) is 1. The fourth-order valence-corrected chi connectivity index (χ4v) is 2.66. The third-order valence-corrected chi connectivity index (χ3v) is 3.98. The van der Waals surface area contributed by atoms with Crippen LogP contribution in [0.5, 0.6) is 0 Å². The van der Waals surface area contributed by atoms with Crippen LogP contribution in [0.25, 0.3) is 0 Å². The summed E-state index contributed by atoms with van der Waals surface area (Å²) in [5.41, 5.74) is -0.893. The number of esters is 1. The van der Waals surface area contributed by atoms with E-state index in [0.29, 0.717) is 25.9 Å². The van der Waals surface area contributed by atoms with Crippen molar-refractivity contribution in [1.29, 1.82) is 0 Å².